The summed E-state index contributed by atoms with van der Waals surface area (Å²) in [4.78, 5) is 25.0. The summed E-state index contributed by atoms with van der Waals surface area (Å²) >= 11 is 5.80. The van der Waals surface area contributed by atoms with Crippen LogP contribution in [0.2, 0.25) is 0 Å². The van der Waals surface area contributed by atoms with Gasteiger partial charge in [-0.15, -0.1) is 11.6 Å². The number of amides is 1. The first-order chi connectivity index (χ1) is 8.95. The molecule has 0 radical (unpaired) electrons. The topological polar surface area (TPSA) is 57.6 Å². The summed E-state index contributed by atoms with van der Waals surface area (Å²) in [6.45, 7) is 4.25. The number of carbonyl (C=O) groups excluding carboxylic acids is 1. The van der Waals surface area contributed by atoms with Gasteiger partial charge in [0.15, 0.2) is 0 Å². The van der Waals surface area contributed by atoms with Crippen LogP contribution in [-0.4, -0.2) is 29.4 Å². The second kappa shape index (κ2) is 5.21. The number of alkyl halides is 1. The van der Waals surface area contributed by atoms with Crippen molar-refractivity contribution in [1.29, 1.82) is 0 Å². The molecule has 1 aromatic rings. The molecule has 2 rings (SSSR count). The number of carbonyl (C=O) groups is 2. The van der Waals surface area contributed by atoms with Gasteiger partial charge in [-0.05, 0) is 37.0 Å². The van der Waals surface area contributed by atoms with E-state index in [-0.39, 0.29) is 17.4 Å². The van der Waals surface area contributed by atoms with Crippen molar-refractivity contribution in [2.75, 3.05) is 17.3 Å². The highest BCUT2D eigenvalue weighted by atomic mass is 35.5. The van der Waals surface area contributed by atoms with Gasteiger partial charge < -0.3 is 10.0 Å². The van der Waals surface area contributed by atoms with Gasteiger partial charge in [0, 0.05) is 18.8 Å². The first-order valence-corrected chi connectivity index (χ1v) is 6.69. The Balaban J connectivity index is 2.52. The van der Waals surface area contributed by atoms with E-state index in [0.29, 0.717) is 24.5 Å². The Hall–Kier alpha value is -1.55. The number of anilines is 1. The van der Waals surface area contributed by atoms with E-state index < -0.39 is 5.97 Å². The molecule has 1 aliphatic heterocycles. The van der Waals surface area contributed by atoms with Crippen LogP contribution in [0.5, 0.6) is 0 Å². The summed E-state index contributed by atoms with van der Waals surface area (Å²) in [6, 6.07) is 3.32. The van der Waals surface area contributed by atoms with E-state index in [9.17, 15) is 14.7 Å². The van der Waals surface area contributed by atoms with Crippen molar-refractivity contribution in [2.24, 2.45) is 5.92 Å². The number of halogens is 1. The Bertz CT molecular complexity index is 542. The lowest BCUT2D eigenvalue weighted by molar-refractivity contribution is -0.117. The summed E-state index contributed by atoms with van der Waals surface area (Å²) in [5.41, 5.74) is 2.50. The number of carboxylic acids is 1. The van der Waals surface area contributed by atoms with Crippen molar-refractivity contribution in [2.45, 2.75) is 20.3 Å². The molecule has 1 amide bonds. The molecule has 0 aromatic heterocycles. The van der Waals surface area contributed by atoms with Crippen LogP contribution in [0.1, 0.15) is 27.9 Å². The molecule has 5 heteroatoms. The number of aromatic carboxylic acids is 1. The minimum Gasteiger partial charge on any atom is -0.478 e. The number of nitrogens with zero attached hydrogens (tertiary/aromatic N) is 1. The van der Waals surface area contributed by atoms with E-state index in [1.807, 2.05) is 13.8 Å². The van der Waals surface area contributed by atoms with Gasteiger partial charge in [0.25, 0.3) is 0 Å². The Morgan fingerprint density at radius 2 is 2.16 bits per heavy atom. The highest BCUT2D eigenvalue weighted by molar-refractivity contribution is 6.18. The molecular formula is C14H16ClNO3. The molecule has 1 aromatic carbocycles. The largest absolute Gasteiger partial charge is 0.478 e. The molecule has 4 nitrogen and oxygen atoms in total. The van der Waals surface area contributed by atoms with Crippen LogP contribution in [-0.2, 0) is 4.79 Å². The highest BCUT2D eigenvalue weighted by Crippen LogP contribution is 2.33. The molecule has 1 fully saturated rings. The molecule has 0 saturated carbocycles. The lowest BCUT2D eigenvalue weighted by Crippen LogP contribution is -2.28. The number of aryl methyl sites for hydroxylation is 1. The maximum atomic E-state index is 12.1. The van der Waals surface area contributed by atoms with Gasteiger partial charge in [-0.25, -0.2) is 4.79 Å². The molecule has 1 unspecified atom stereocenters. The molecule has 0 aliphatic carbocycles. The van der Waals surface area contributed by atoms with Crippen molar-refractivity contribution in [3.05, 3.63) is 28.8 Å². The van der Waals surface area contributed by atoms with E-state index in [4.69, 9.17) is 11.6 Å². The quantitative estimate of drug-likeness (QED) is 0.867. The molecule has 1 atom stereocenters. The van der Waals surface area contributed by atoms with Crippen molar-refractivity contribution in [3.63, 3.8) is 0 Å². The van der Waals surface area contributed by atoms with Gasteiger partial charge in [0.1, 0.15) is 0 Å². The second-order valence-corrected chi connectivity index (χ2v) is 5.25. The molecule has 0 spiro atoms. The standard InChI is InChI=1S/C14H16ClNO3/c1-8-3-4-11(14(18)19)13(9(8)2)16-7-10(6-15)5-12(16)17/h3-4,10H,5-7H2,1-2H3,(H,18,19). The fourth-order valence-electron chi connectivity index (χ4n) is 2.42. The number of benzene rings is 1. The Labute approximate surface area is 117 Å². The third kappa shape index (κ3) is 2.45. The predicted molar refractivity (Wildman–Crippen MR) is 74.1 cm³/mol. The minimum atomic E-state index is -1.01. The lowest BCUT2D eigenvalue weighted by Gasteiger charge is -2.22. The Morgan fingerprint density at radius 3 is 2.68 bits per heavy atom. The summed E-state index contributed by atoms with van der Waals surface area (Å²) in [6.07, 6.45) is 0.385. The van der Waals surface area contributed by atoms with E-state index in [1.54, 1.807) is 17.0 Å². The van der Waals surface area contributed by atoms with Crippen molar-refractivity contribution < 1.29 is 14.7 Å². The van der Waals surface area contributed by atoms with Gasteiger partial charge in [0.2, 0.25) is 5.91 Å². The zero-order valence-electron chi connectivity index (χ0n) is 10.9. The first kappa shape index (κ1) is 13.9. The van der Waals surface area contributed by atoms with Crippen LogP contribution in [0.25, 0.3) is 0 Å². The SMILES string of the molecule is Cc1ccc(C(=O)O)c(N2CC(CCl)CC2=O)c1C. The maximum absolute atomic E-state index is 12.1. The Morgan fingerprint density at radius 1 is 1.47 bits per heavy atom. The van der Waals surface area contributed by atoms with Gasteiger partial charge in [-0.3, -0.25) is 4.79 Å². The molecular weight excluding hydrogens is 266 g/mol. The van der Waals surface area contributed by atoms with Gasteiger partial charge >= 0.3 is 5.97 Å². The Kier molecular flexibility index (Phi) is 3.80. The fraction of sp³-hybridized carbons (Fsp3) is 0.429. The summed E-state index contributed by atoms with van der Waals surface area (Å²) < 4.78 is 0. The molecule has 102 valence electrons. The summed E-state index contributed by atoms with van der Waals surface area (Å²) in [5, 5.41) is 9.29. The second-order valence-electron chi connectivity index (χ2n) is 4.94. The van der Waals surface area contributed by atoms with Gasteiger partial charge in [0.05, 0.1) is 11.3 Å². The average Bonchev–Trinajstić information content (AvgIpc) is 2.73. The van der Waals surface area contributed by atoms with Crippen molar-refractivity contribution in [1.82, 2.24) is 0 Å². The number of rotatable bonds is 3. The lowest BCUT2D eigenvalue weighted by atomic mass is 10.0. The van der Waals surface area contributed by atoms with E-state index in [1.165, 1.54) is 0 Å². The normalized spacial score (nSPS) is 19.0. The summed E-state index contributed by atoms with van der Waals surface area (Å²) in [7, 11) is 0. The monoisotopic (exact) mass is 281 g/mol. The first-order valence-electron chi connectivity index (χ1n) is 6.15. The number of carboxylic acid groups (broad SMARTS) is 1. The van der Waals surface area contributed by atoms with Crippen LogP contribution in [0.15, 0.2) is 12.1 Å². The maximum Gasteiger partial charge on any atom is 0.337 e. The molecule has 1 aliphatic rings. The third-order valence-electron chi connectivity index (χ3n) is 3.63. The van der Waals surface area contributed by atoms with Crippen molar-refractivity contribution in [3.8, 4) is 0 Å². The third-order valence-corrected chi connectivity index (χ3v) is 4.06. The van der Waals surface area contributed by atoms with Crippen LogP contribution >= 0.6 is 11.6 Å². The summed E-state index contributed by atoms with van der Waals surface area (Å²) in [5.74, 6) is -0.562. The van der Waals surface area contributed by atoms with Gasteiger partial charge in [-0.1, -0.05) is 6.07 Å². The van der Waals surface area contributed by atoms with Crippen molar-refractivity contribution >= 4 is 29.2 Å². The molecule has 1 N–H and O–H groups in total. The van der Waals surface area contributed by atoms with E-state index in [0.717, 1.165) is 11.1 Å². The smallest absolute Gasteiger partial charge is 0.337 e. The molecule has 19 heavy (non-hydrogen) atoms. The number of hydrogen-bond acceptors (Lipinski definition) is 2. The van der Waals surface area contributed by atoms with E-state index in [2.05, 4.69) is 0 Å². The van der Waals surface area contributed by atoms with E-state index >= 15 is 0 Å². The zero-order valence-corrected chi connectivity index (χ0v) is 11.7. The highest BCUT2D eigenvalue weighted by Gasteiger charge is 2.33. The predicted octanol–water partition coefficient (Wildman–Crippen LogP) is 2.59. The molecule has 0 bridgehead atoms. The van der Waals surface area contributed by atoms with Crippen LogP contribution < -0.4 is 4.90 Å². The number of hydrogen-bond donors (Lipinski definition) is 1. The van der Waals surface area contributed by atoms with Gasteiger partial charge in [-0.2, -0.15) is 0 Å². The average molecular weight is 282 g/mol. The van der Waals surface area contributed by atoms with Crippen LogP contribution in [0, 0.1) is 19.8 Å². The zero-order chi connectivity index (χ0) is 14.2. The van der Waals surface area contributed by atoms with Crippen LogP contribution in [0.3, 0.4) is 0 Å². The van der Waals surface area contributed by atoms with Crippen LogP contribution in [0.4, 0.5) is 5.69 Å². The minimum absolute atomic E-state index is 0.0538. The molecule has 1 heterocycles. The molecule has 1 saturated heterocycles. The fourth-order valence-corrected chi connectivity index (χ4v) is 2.63.